The highest BCUT2D eigenvalue weighted by molar-refractivity contribution is 5.93. The van der Waals surface area contributed by atoms with Gasteiger partial charge >= 0.3 is 5.97 Å². The molecule has 0 aliphatic rings. The third-order valence-corrected chi connectivity index (χ3v) is 2.88. The van der Waals surface area contributed by atoms with E-state index in [1.807, 2.05) is 18.2 Å². The number of hydrogen-bond acceptors (Lipinski definition) is 3. The van der Waals surface area contributed by atoms with Crippen molar-refractivity contribution in [1.29, 1.82) is 0 Å². The van der Waals surface area contributed by atoms with Crippen molar-refractivity contribution in [3.05, 3.63) is 48.6 Å². The Morgan fingerprint density at radius 2 is 2.16 bits per heavy atom. The van der Waals surface area contributed by atoms with Crippen LogP contribution < -0.4 is 4.74 Å². The van der Waals surface area contributed by atoms with Gasteiger partial charge in [-0.1, -0.05) is 32.1 Å². The maximum atomic E-state index is 11.3. The molecule has 3 nitrogen and oxygen atoms in total. The summed E-state index contributed by atoms with van der Waals surface area (Å²) in [6.07, 6.45) is 3.11. The number of aryl methyl sites for hydroxylation is 1. The molecule has 2 rings (SSSR count). The van der Waals surface area contributed by atoms with Gasteiger partial charge in [-0.25, -0.2) is 4.79 Å². The van der Waals surface area contributed by atoms with Gasteiger partial charge in [0.1, 0.15) is 11.5 Å². The molecule has 0 aliphatic heterocycles. The first-order valence-corrected chi connectivity index (χ1v) is 6.24. The molecule has 19 heavy (non-hydrogen) atoms. The molecule has 0 fully saturated rings. The number of rotatable bonds is 4. The lowest BCUT2D eigenvalue weighted by molar-refractivity contribution is -0.128. The van der Waals surface area contributed by atoms with E-state index >= 15 is 0 Å². The highest BCUT2D eigenvalue weighted by Crippen LogP contribution is 2.32. The Balaban J connectivity index is 2.55. The number of fused-ring (bicyclic) bond motifs is 1. The zero-order valence-electron chi connectivity index (χ0n) is 10.8. The summed E-state index contributed by atoms with van der Waals surface area (Å²) in [5, 5.41) is 11.3. The molecule has 0 saturated carbocycles. The fourth-order valence-corrected chi connectivity index (χ4v) is 2.03. The molecular formula is C16H16O3. The molecule has 0 aliphatic carbocycles. The fourth-order valence-electron chi connectivity index (χ4n) is 2.03. The Hall–Kier alpha value is -2.29. The molecule has 2 aromatic rings. The van der Waals surface area contributed by atoms with Gasteiger partial charge in [0.2, 0.25) is 0 Å². The number of esters is 1. The number of phenols is 1. The average Bonchev–Trinajstić information content (AvgIpc) is 2.39. The monoisotopic (exact) mass is 256 g/mol. The van der Waals surface area contributed by atoms with E-state index in [-0.39, 0.29) is 5.75 Å². The summed E-state index contributed by atoms with van der Waals surface area (Å²) in [4.78, 5) is 11.3. The molecule has 0 bridgehead atoms. The lowest BCUT2D eigenvalue weighted by Crippen LogP contribution is -2.03. The maximum Gasteiger partial charge on any atom is 0.335 e. The zero-order valence-corrected chi connectivity index (χ0v) is 10.8. The second-order valence-electron chi connectivity index (χ2n) is 4.37. The van der Waals surface area contributed by atoms with Gasteiger partial charge in [-0.2, -0.15) is 0 Å². The van der Waals surface area contributed by atoms with E-state index in [0.717, 1.165) is 29.7 Å². The summed E-state index contributed by atoms with van der Waals surface area (Å²) < 4.78 is 5.17. The first-order valence-electron chi connectivity index (χ1n) is 6.24. The van der Waals surface area contributed by atoms with Crippen LogP contribution in [0.3, 0.4) is 0 Å². The van der Waals surface area contributed by atoms with Crippen molar-refractivity contribution in [3.63, 3.8) is 0 Å². The van der Waals surface area contributed by atoms with E-state index in [4.69, 9.17) is 4.74 Å². The van der Waals surface area contributed by atoms with Gasteiger partial charge in [-0.15, -0.1) is 0 Å². The third kappa shape index (κ3) is 2.94. The molecule has 0 spiro atoms. The van der Waals surface area contributed by atoms with Crippen LogP contribution in [-0.2, 0) is 11.2 Å². The van der Waals surface area contributed by atoms with Crippen LogP contribution in [0, 0.1) is 0 Å². The number of hydrogen-bond donors (Lipinski definition) is 1. The van der Waals surface area contributed by atoms with Gasteiger partial charge in [0, 0.05) is 17.5 Å². The van der Waals surface area contributed by atoms with E-state index < -0.39 is 5.97 Å². The third-order valence-electron chi connectivity index (χ3n) is 2.88. The summed E-state index contributed by atoms with van der Waals surface area (Å²) in [6.45, 7) is 5.48. The van der Waals surface area contributed by atoms with Gasteiger partial charge < -0.3 is 9.84 Å². The Bertz CT molecular complexity index is 629. The van der Waals surface area contributed by atoms with E-state index in [2.05, 4.69) is 13.5 Å². The fraction of sp³-hybridized carbons (Fsp3) is 0.188. The molecule has 0 atom stereocenters. The average molecular weight is 256 g/mol. The second-order valence-corrected chi connectivity index (χ2v) is 4.37. The van der Waals surface area contributed by atoms with Crippen LogP contribution in [0.1, 0.15) is 18.9 Å². The first kappa shape index (κ1) is 13.1. The van der Waals surface area contributed by atoms with Crippen molar-refractivity contribution >= 4 is 16.7 Å². The van der Waals surface area contributed by atoms with Crippen LogP contribution in [-0.4, -0.2) is 11.1 Å². The van der Waals surface area contributed by atoms with E-state index in [0.29, 0.717) is 5.75 Å². The molecule has 0 aromatic heterocycles. The smallest absolute Gasteiger partial charge is 0.335 e. The Labute approximate surface area is 112 Å². The number of phenolic OH excluding ortho intramolecular Hbond substituents is 1. The van der Waals surface area contributed by atoms with Crippen molar-refractivity contribution in [2.45, 2.75) is 19.8 Å². The van der Waals surface area contributed by atoms with Crippen LogP contribution in [0.4, 0.5) is 0 Å². The normalized spacial score (nSPS) is 10.4. The van der Waals surface area contributed by atoms with Crippen molar-refractivity contribution in [2.24, 2.45) is 0 Å². The zero-order chi connectivity index (χ0) is 13.8. The van der Waals surface area contributed by atoms with Gasteiger partial charge in [0.15, 0.2) is 0 Å². The molecule has 0 unspecified atom stereocenters. The molecular weight excluding hydrogens is 240 g/mol. The lowest BCUT2D eigenvalue weighted by atomic mass is 10.0. The van der Waals surface area contributed by atoms with Crippen molar-refractivity contribution < 1.29 is 14.6 Å². The molecule has 2 aromatic carbocycles. The molecule has 1 N–H and O–H groups in total. The van der Waals surface area contributed by atoms with Gasteiger partial charge in [-0.05, 0) is 29.5 Å². The lowest BCUT2D eigenvalue weighted by Gasteiger charge is -2.09. The highest BCUT2D eigenvalue weighted by Gasteiger charge is 2.08. The largest absolute Gasteiger partial charge is 0.508 e. The van der Waals surface area contributed by atoms with Gasteiger partial charge in [0.25, 0.3) is 0 Å². The minimum absolute atomic E-state index is 0.0719. The summed E-state index contributed by atoms with van der Waals surface area (Å²) in [5.41, 5.74) is 1.18. The van der Waals surface area contributed by atoms with E-state index in [9.17, 15) is 9.90 Å². The highest BCUT2D eigenvalue weighted by atomic mass is 16.5. The van der Waals surface area contributed by atoms with Crippen LogP contribution in [0.25, 0.3) is 10.8 Å². The Morgan fingerprint density at radius 1 is 1.37 bits per heavy atom. The number of ether oxygens (including phenoxy) is 1. The Morgan fingerprint density at radius 3 is 2.84 bits per heavy atom. The number of carbonyl (C=O) groups excluding carboxylic acids is 1. The predicted octanol–water partition coefficient (Wildman–Crippen LogP) is 3.59. The summed E-state index contributed by atoms with van der Waals surface area (Å²) in [7, 11) is 0. The van der Waals surface area contributed by atoms with E-state index in [1.165, 1.54) is 11.6 Å². The predicted molar refractivity (Wildman–Crippen MR) is 75.4 cm³/mol. The molecule has 0 saturated heterocycles. The molecule has 0 radical (unpaired) electrons. The maximum absolute atomic E-state index is 11.3. The topological polar surface area (TPSA) is 46.5 Å². The van der Waals surface area contributed by atoms with Crippen molar-refractivity contribution in [3.8, 4) is 11.5 Å². The quantitative estimate of drug-likeness (QED) is 0.516. The van der Waals surface area contributed by atoms with Crippen molar-refractivity contribution in [1.82, 2.24) is 0 Å². The molecule has 0 amide bonds. The van der Waals surface area contributed by atoms with Crippen LogP contribution in [0.15, 0.2) is 43.0 Å². The standard InChI is InChI=1S/C16H16O3/c1-3-5-11-6-7-12-9-13(17)10-15(14(12)8-11)19-16(18)4-2/h4,6-10,17H,2-3,5H2,1H3. The number of benzene rings is 2. The van der Waals surface area contributed by atoms with Crippen molar-refractivity contribution in [2.75, 3.05) is 0 Å². The minimum Gasteiger partial charge on any atom is -0.508 e. The molecule has 98 valence electrons. The number of aromatic hydroxyl groups is 1. The minimum atomic E-state index is -0.534. The van der Waals surface area contributed by atoms with E-state index in [1.54, 1.807) is 6.07 Å². The number of carbonyl (C=O) groups is 1. The van der Waals surface area contributed by atoms with Crippen LogP contribution >= 0.6 is 0 Å². The molecule has 3 heteroatoms. The van der Waals surface area contributed by atoms with Crippen LogP contribution in [0.2, 0.25) is 0 Å². The van der Waals surface area contributed by atoms with Gasteiger partial charge in [-0.3, -0.25) is 0 Å². The van der Waals surface area contributed by atoms with Gasteiger partial charge in [0.05, 0.1) is 0 Å². The summed E-state index contributed by atoms with van der Waals surface area (Å²) in [5.74, 6) is -0.103. The summed E-state index contributed by atoms with van der Waals surface area (Å²) >= 11 is 0. The summed E-state index contributed by atoms with van der Waals surface area (Å²) in [6, 6.07) is 9.02. The SMILES string of the molecule is C=CC(=O)Oc1cc(O)cc2ccc(CCC)cc12. The first-order chi connectivity index (χ1) is 9.13. The Kier molecular flexibility index (Phi) is 3.85. The second kappa shape index (κ2) is 5.57. The van der Waals surface area contributed by atoms with Crippen LogP contribution in [0.5, 0.6) is 11.5 Å². The molecule has 0 heterocycles.